The fourth-order valence-corrected chi connectivity index (χ4v) is 2.28. The molecule has 1 saturated heterocycles. The lowest BCUT2D eigenvalue weighted by Crippen LogP contribution is -2.66. The predicted octanol–water partition coefficient (Wildman–Crippen LogP) is -0.381. The van der Waals surface area contributed by atoms with Crippen LogP contribution in [0, 0.1) is 0 Å². The monoisotopic (exact) mass is 269 g/mol. The summed E-state index contributed by atoms with van der Waals surface area (Å²) in [5.74, 6) is -4.73. The number of hydrogen-bond donors (Lipinski definition) is 2. The summed E-state index contributed by atoms with van der Waals surface area (Å²) >= 11 is 0. The zero-order valence-electron chi connectivity index (χ0n) is 7.85. The van der Waals surface area contributed by atoms with E-state index in [2.05, 4.69) is 5.14 Å². The highest BCUT2D eigenvalue weighted by Gasteiger charge is 2.80. The van der Waals surface area contributed by atoms with Gasteiger partial charge in [-0.05, 0) is 0 Å². The van der Waals surface area contributed by atoms with Crippen molar-refractivity contribution in [2.24, 2.45) is 5.14 Å². The Kier molecular flexibility index (Phi) is 2.75. The highest BCUT2D eigenvalue weighted by molar-refractivity contribution is 7.90. The molecule has 0 amide bonds. The first-order chi connectivity index (χ1) is 6.88. The van der Waals surface area contributed by atoms with Crippen LogP contribution in [0.4, 0.5) is 22.0 Å². The van der Waals surface area contributed by atoms with Crippen molar-refractivity contribution < 1.29 is 30.4 Å². The van der Waals surface area contributed by atoms with Crippen LogP contribution in [0.1, 0.15) is 0 Å². The van der Waals surface area contributed by atoms with Gasteiger partial charge in [0, 0.05) is 7.05 Å². The van der Waals surface area contributed by atoms with Crippen molar-refractivity contribution in [2.45, 2.75) is 17.0 Å². The Morgan fingerprint density at radius 3 is 2.06 bits per heavy atom. The van der Waals surface area contributed by atoms with Crippen LogP contribution in [0.5, 0.6) is 0 Å². The molecule has 2 atom stereocenters. The van der Waals surface area contributed by atoms with E-state index in [0.717, 1.165) is 0 Å². The molecular formula is C5H8F5N3O2S. The molecule has 0 aromatic rings. The van der Waals surface area contributed by atoms with E-state index >= 15 is 0 Å². The number of nitrogens with two attached hydrogens (primary N) is 1. The number of rotatable bonds is 1. The zero-order chi connectivity index (χ0) is 13.0. The topological polar surface area (TPSA) is 75.4 Å². The average molecular weight is 269 g/mol. The summed E-state index contributed by atoms with van der Waals surface area (Å²) in [5.41, 5.74) is 1.62. The molecule has 1 rings (SSSR count). The molecule has 11 heteroatoms. The first kappa shape index (κ1) is 13.5. The second kappa shape index (κ2) is 3.24. The van der Waals surface area contributed by atoms with Gasteiger partial charge in [-0.1, -0.05) is 0 Å². The van der Waals surface area contributed by atoms with E-state index in [1.54, 1.807) is 5.43 Å². The first-order valence-electron chi connectivity index (χ1n) is 3.82. The number of halogens is 5. The van der Waals surface area contributed by atoms with Crippen LogP contribution < -0.4 is 10.6 Å². The van der Waals surface area contributed by atoms with Gasteiger partial charge in [0.05, 0.1) is 6.54 Å². The maximum atomic E-state index is 13.7. The van der Waals surface area contributed by atoms with Crippen molar-refractivity contribution in [1.29, 1.82) is 0 Å². The molecule has 1 fully saturated rings. The van der Waals surface area contributed by atoms with Crippen molar-refractivity contribution in [3.63, 3.8) is 0 Å². The van der Waals surface area contributed by atoms with Crippen LogP contribution in [-0.4, -0.2) is 44.0 Å². The predicted molar refractivity (Wildman–Crippen MR) is 42.6 cm³/mol. The summed E-state index contributed by atoms with van der Waals surface area (Å²) in [5, 5.41) is -0.279. The summed E-state index contributed by atoms with van der Waals surface area (Å²) in [4.78, 5) is 0. The first-order valence-corrected chi connectivity index (χ1v) is 5.37. The van der Waals surface area contributed by atoms with E-state index in [1.165, 1.54) is 0 Å². The van der Waals surface area contributed by atoms with Crippen molar-refractivity contribution >= 4 is 10.0 Å². The van der Waals surface area contributed by atoms with E-state index in [0.29, 0.717) is 7.05 Å². The minimum atomic E-state index is -5.76. The Morgan fingerprint density at radius 2 is 1.81 bits per heavy atom. The van der Waals surface area contributed by atoms with Gasteiger partial charge in [-0.2, -0.15) is 13.2 Å². The van der Waals surface area contributed by atoms with Crippen LogP contribution >= 0.6 is 0 Å². The Morgan fingerprint density at radius 1 is 1.38 bits per heavy atom. The fourth-order valence-electron chi connectivity index (χ4n) is 1.39. The number of nitrogens with one attached hydrogen (secondary N) is 1. The summed E-state index contributed by atoms with van der Waals surface area (Å²) in [6.45, 7) is -1.42. The molecule has 96 valence electrons. The molecule has 0 saturated carbocycles. The molecule has 2 unspecified atom stereocenters. The lowest BCUT2D eigenvalue weighted by Gasteiger charge is -2.35. The van der Waals surface area contributed by atoms with E-state index in [9.17, 15) is 30.4 Å². The molecule has 0 spiro atoms. The highest BCUT2D eigenvalue weighted by atomic mass is 32.2. The zero-order valence-corrected chi connectivity index (χ0v) is 8.66. The van der Waals surface area contributed by atoms with Crippen LogP contribution in [0.15, 0.2) is 0 Å². The summed E-state index contributed by atoms with van der Waals surface area (Å²) < 4.78 is 86.1. The number of hydrogen-bond acceptors (Lipinski definition) is 4. The largest absolute Gasteiger partial charge is 0.442 e. The molecule has 0 radical (unpaired) electrons. The summed E-state index contributed by atoms with van der Waals surface area (Å²) in [6, 6.07) is 0. The second-order valence-electron chi connectivity index (χ2n) is 3.29. The van der Waals surface area contributed by atoms with Crippen molar-refractivity contribution in [3.8, 4) is 0 Å². The summed E-state index contributed by atoms with van der Waals surface area (Å²) in [6.07, 6.45) is -5.76. The molecule has 5 nitrogen and oxygen atoms in total. The number of alkyl halides is 5. The Hall–Kier alpha value is -0.520. The quantitative estimate of drug-likeness (QED) is 0.502. The van der Waals surface area contributed by atoms with Gasteiger partial charge in [0.15, 0.2) is 0 Å². The molecule has 3 N–H and O–H groups in total. The van der Waals surface area contributed by atoms with Gasteiger partial charge in [-0.3, -0.25) is 0 Å². The van der Waals surface area contributed by atoms with E-state index in [4.69, 9.17) is 0 Å². The molecule has 0 bridgehead atoms. The molecule has 0 aromatic heterocycles. The number of sulfonamides is 1. The second-order valence-corrected chi connectivity index (χ2v) is 5.02. The highest BCUT2D eigenvalue weighted by Crippen LogP contribution is 2.49. The van der Waals surface area contributed by atoms with Gasteiger partial charge in [0.1, 0.15) is 0 Å². The number of primary sulfonamides is 1. The Balaban J connectivity index is 3.45. The van der Waals surface area contributed by atoms with Crippen LogP contribution in [0.3, 0.4) is 0 Å². The molecule has 16 heavy (non-hydrogen) atoms. The number of nitrogens with zero attached hydrogens (tertiary/aromatic N) is 1. The smallest absolute Gasteiger partial charge is 0.248 e. The van der Waals surface area contributed by atoms with Crippen LogP contribution in [0.2, 0.25) is 0 Å². The minimum absolute atomic E-state index is 0.294. The molecule has 1 heterocycles. The van der Waals surface area contributed by atoms with E-state index < -0.39 is 33.5 Å². The average Bonchev–Trinajstić information content (AvgIpc) is 2.29. The van der Waals surface area contributed by atoms with Gasteiger partial charge < -0.3 is 0 Å². The molecule has 1 aliphatic rings. The molecule has 1 aliphatic heterocycles. The molecule has 0 aromatic carbocycles. The van der Waals surface area contributed by atoms with Crippen molar-refractivity contribution in [3.05, 3.63) is 0 Å². The van der Waals surface area contributed by atoms with Crippen molar-refractivity contribution in [1.82, 2.24) is 10.4 Å². The maximum Gasteiger partial charge on any atom is 0.442 e. The van der Waals surface area contributed by atoms with Gasteiger partial charge in [0.2, 0.25) is 0 Å². The van der Waals surface area contributed by atoms with Gasteiger partial charge in [0.25, 0.3) is 15.0 Å². The minimum Gasteiger partial charge on any atom is -0.248 e. The van der Waals surface area contributed by atoms with E-state index in [1.807, 2.05) is 0 Å². The number of hydrazine groups is 1. The molecule has 0 aliphatic carbocycles. The SMILES string of the molecule is CN1NCC(F)(S(N)(=O)=O)C1(F)C(F)(F)F. The normalized spacial score (nSPS) is 37.9. The summed E-state index contributed by atoms with van der Waals surface area (Å²) in [7, 11) is -4.86. The van der Waals surface area contributed by atoms with Crippen LogP contribution in [0.25, 0.3) is 0 Å². The van der Waals surface area contributed by atoms with Crippen molar-refractivity contribution in [2.75, 3.05) is 13.6 Å². The fraction of sp³-hybridized carbons (Fsp3) is 1.00. The molecular weight excluding hydrogens is 261 g/mol. The third kappa shape index (κ3) is 1.42. The lowest BCUT2D eigenvalue weighted by atomic mass is 10.1. The van der Waals surface area contributed by atoms with E-state index in [-0.39, 0.29) is 5.01 Å². The van der Waals surface area contributed by atoms with Gasteiger partial charge in [-0.15, -0.1) is 0 Å². The standard InChI is InChI=1S/C5H8F5N3O2S/c1-13-4(7,5(8,9)10)3(6,2-12-13)16(11,14)15/h12H,2H2,1H3,(H2,11,14,15). The Labute approximate surface area is 87.4 Å². The third-order valence-corrected chi connectivity index (χ3v) is 3.64. The Bertz CT molecular complexity index is 397. The third-order valence-electron chi connectivity index (χ3n) is 2.33. The van der Waals surface area contributed by atoms with Crippen LogP contribution in [-0.2, 0) is 10.0 Å². The van der Waals surface area contributed by atoms with Gasteiger partial charge >= 0.3 is 12.0 Å². The maximum absolute atomic E-state index is 13.7. The van der Waals surface area contributed by atoms with Gasteiger partial charge in [-0.25, -0.2) is 32.8 Å². The lowest BCUT2D eigenvalue weighted by molar-refractivity contribution is -0.295.